The van der Waals surface area contributed by atoms with E-state index in [1.54, 1.807) is 18.3 Å². The predicted molar refractivity (Wildman–Crippen MR) is 63.8 cm³/mol. The van der Waals surface area contributed by atoms with E-state index in [2.05, 4.69) is 9.55 Å². The lowest BCUT2D eigenvalue weighted by Crippen LogP contribution is -2.02. The standard InChI is InChI=1S/C12H13N3O2/c1-10-13-7-9-14(10)8-6-11-2-4-12(5-3-11)15(16)17/h2-5,7,9H,6,8H2,1H3. The van der Waals surface area contributed by atoms with Gasteiger partial charge in [0.25, 0.3) is 5.69 Å². The number of rotatable bonds is 4. The summed E-state index contributed by atoms with van der Waals surface area (Å²) in [5.74, 6) is 0.979. The van der Waals surface area contributed by atoms with Gasteiger partial charge in [0, 0.05) is 31.1 Å². The lowest BCUT2D eigenvalue weighted by atomic mass is 10.1. The smallest absolute Gasteiger partial charge is 0.269 e. The fourth-order valence-corrected chi connectivity index (χ4v) is 1.67. The van der Waals surface area contributed by atoms with Crippen LogP contribution >= 0.6 is 0 Å². The van der Waals surface area contributed by atoms with Gasteiger partial charge in [0.05, 0.1) is 4.92 Å². The molecule has 1 aromatic carbocycles. The van der Waals surface area contributed by atoms with Crippen molar-refractivity contribution in [2.24, 2.45) is 0 Å². The SMILES string of the molecule is Cc1nccn1CCc1ccc([N+](=O)[O-])cc1. The average molecular weight is 231 g/mol. The van der Waals surface area contributed by atoms with Crippen LogP contribution in [0.2, 0.25) is 0 Å². The number of nitro groups is 1. The molecule has 0 saturated heterocycles. The molecule has 1 heterocycles. The molecule has 0 unspecified atom stereocenters. The molecule has 0 aliphatic rings. The van der Waals surface area contributed by atoms with Gasteiger partial charge in [0.1, 0.15) is 5.82 Å². The monoisotopic (exact) mass is 231 g/mol. The topological polar surface area (TPSA) is 61.0 Å². The number of benzene rings is 1. The van der Waals surface area contributed by atoms with Gasteiger partial charge in [0.2, 0.25) is 0 Å². The molecule has 0 aliphatic heterocycles. The minimum Gasteiger partial charge on any atom is -0.335 e. The maximum absolute atomic E-state index is 10.5. The first kappa shape index (κ1) is 11.3. The summed E-state index contributed by atoms with van der Waals surface area (Å²) in [4.78, 5) is 14.2. The summed E-state index contributed by atoms with van der Waals surface area (Å²) < 4.78 is 2.06. The molecule has 17 heavy (non-hydrogen) atoms. The molecule has 0 radical (unpaired) electrons. The van der Waals surface area contributed by atoms with Crippen LogP contribution < -0.4 is 0 Å². The van der Waals surface area contributed by atoms with E-state index in [4.69, 9.17) is 0 Å². The third-order valence-electron chi connectivity index (χ3n) is 2.71. The predicted octanol–water partition coefficient (Wildman–Crippen LogP) is 2.34. The molecule has 0 saturated carbocycles. The van der Waals surface area contributed by atoms with Crippen molar-refractivity contribution in [2.75, 3.05) is 0 Å². The van der Waals surface area contributed by atoms with Gasteiger partial charge >= 0.3 is 0 Å². The zero-order chi connectivity index (χ0) is 12.3. The minimum atomic E-state index is -0.385. The number of nitro benzene ring substituents is 1. The van der Waals surface area contributed by atoms with Gasteiger partial charge in [-0.2, -0.15) is 0 Å². The molecule has 1 aromatic heterocycles. The van der Waals surface area contributed by atoms with Gasteiger partial charge in [-0.1, -0.05) is 12.1 Å². The number of aryl methyl sites for hydroxylation is 3. The Hall–Kier alpha value is -2.17. The summed E-state index contributed by atoms with van der Waals surface area (Å²) in [7, 11) is 0. The lowest BCUT2D eigenvalue weighted by molar-refractivity contribution is -0.384. The Morgan fingerprint density at radius 1 is 1.35 bits per heavy atom. The highest BCUT2D eigenvalue weighted by Crippen LogP contribution is 2.12. The fourth-order valence-electron chi connectivity index (χ4n) is 1.67. The number of non-ortho nitro benzene ring substituents is 1. The summed E-state index contributed by atoms with van der Waals surface area (Å²) in [6, 6.07) is 6.67. The first-order valence-electron chi connectivity index (χ1n) is 5.38. The van der Waals surface area contributed by atoms with Crippen LogP contribution in [0.25, 0.3) is 0 Å². The van der Waals surface area contributed by atoms with E-state index in [1.165, 1.54) is 12.1 Å². The van der Waals surface area contributed by atoms with E-state index < -0.39 is 0 Å². The molecule has 0 N–H and O–H groups in total. The second-order valence-corrected chi connectivity index (χ2v) is 3.84. The van der Waals surface area contributed by atoms with Crippen molar-refractivity contribution in [1.29, 1.82) is 0 Å². The zero-order valence-electron chi connectivity index (χ0n) is 9.54. The van der Waals surface area contributed by atoms with Gasteiger partial charge in [-0.25, -0.2) is 4.98 Å². The van der Waals surface area contributed by atoms with Gasteiger partial charge in [-0.3, -0.25) is 10.1 Å². The Labute approximate surface area is 98.9 Å². The van der Waals surface area contributed by atoms with E-state index in [9.17, 15) is 10.1 Å². The molecule has 0 amide bonds. The van der Waals surface area contributed by atoms with Crippen LogP contribution in [-0.4, -0.2) is 14.5 Å². The summed E-state index contributed by atoms with van der Waals surface area (Å²) >= 11 is 0. The molecular weight excluding hydrogens is 218 g/mol. The van der Waals surface area contributed by atoms with Crippen LogP contribution in [0.4, 0.5) is 5.69 Å². The molecule has 0 spiro atoms. The van der Waals surface area contributed by atoms with Crippen molar-refractivity contribution in [3.63, 3.8) is 0 Å². The van der Waals surface area contributed by atoms with Crippen molar-refractivity contribution in [3.05, 3.63) is 58.2 Å². The fraction of sp³-hybridized carbons (Fsp3) is 0.250. The maximum atomic E-state index is 10.5. The Balaban J connectivity index is 2.00. The molecule has 2 aromatic rings. The number of hydrogen-bond acceptors (Lipinski definition) is 3. The van der Waals surface area contributed by atoms with E-state index in [1.807, 2.05) is 13.1 Å². The first-order valence-corrected chi connectivity index (χ1v) is 5.38. The van der Waals surface area contributed by atoms with Crippen LogP contribution in [0, 0.1) is 17.0 Å². The summed E-state index contributed by atoms with van der Waals surface area (Å²) in [5, 5.41) is 10.5. The third kappa shape index (κ3) is 2.69. The van der Waals surface area contributed by atoms with Crippen molar-refractivity contribution >= 4 is 5.69 Å². The molecule has 88 valence electrons. The Kier molecular flexibility index (Phi) is 3.18. The molecule has 2 rings (SSSR count). The largest absolute Gasteiger partial charge is 0.335 e. The van der Waals surface area contributed by atoms with Crippen molar-refractivity contribution in [3.8, 4) is 0 Å². The molecular formula is C12H13N3O2. The second kappa shape index (κ2) is 4.78. The second-order valence-electron chi connectivity index (χ2n) is 3.84. The van der Waals surface area contributed by atoms with E-state index in [0.29, 0.717) is 0 Å². The molecule has 0 aliphatic carbocycles. The van der Waals surface area contributed by atoms with Crippen LogP contribution in [0.1, 0.15) is 11.4 Å². The van der Waals surface area contributed by atoms with E-state index >= 15 is 0 Å². The van der Waals surface area contributed by atoms with Crippen molar-refractivity contribution in [1.82, 2.24) is 9.55 Å². The normalized spacial score (nSPS) is 10.4. The summed E-state index contributed by atoms with van der Waals surface area (Å²) in [6.07, 6.45) is 4.54. The Morgan fingerprint density at radius 2 is 2.06 bits per heavy atom. The highest BCUT2D eigenvalue weighted by molar-refractivity contribution is 5.32. The number of hydrogen-bond donors (Lipinski definition) is 0. The first-order chi connectivity index (χ1) is 8.16. The lowest BCUT2D eigenvalue weighted by Gasteiger charge is -2.04. The molecule has 5 nitrogen and oxygen atoms in total. The van der Waals surface area contributed by atoms with Gasteiger partial charge in [0.15, 0.2) is 0 Å². The molecule has 0 fully saturated rings. The molecule has 5 heteroatoms. The van der Waals surface area contributed by atoms with Gasteiger partial charge < -0.3 is 4.57 Å². The quantitative estimate of drug-likeness (QED) is 0.599. The Morgan fingerprint density at radius 3 is 2.59 bits per heavy atom. The van der Waals surface area contributed by atoms with Crippen LogP contribution in [-0.2, 0) is 13.0 Å². The third-order valence-corrected chi connectivity index (χ3v) is 2.71. The van der Waals surface area contributed by atoms with Crippen molar-refractivity contribution in [2.45, 2.75) is 19.9 Å². The molecule has 0 bridgehead atoms. The summed E-state index contributed by atoms with van der Waals surface area (Å²) in [5.41, 5.74) is 1.22. The summed E-state index contributed by atoms with van der Waals surface area (Å²) in [6.45, 7) is 2.79. The minimum absolute atomic E-state index is 0.132. The van der Waals surface area contributed by atoms with Gasteiger partial charge in [-0.15, -0.1) is 0 Å². The average Bonchev–Trinajstić information content (AvgIpc) is 2.73. The zero-order valence-corrected chi connectivity index (χ0v) is 9.54. The van der Waals surface area contributed by atoms with Gasteiger partial charge in [-0.05, 0) is 18.9 Å². The Bertz CT molecular complexity index is 517. The maximum Gasteiger partial charge on any atom is 0.269 e. The highest BCUT2D eigenvalue weighted by atomic mass is 16.6. The molecule has 0 atom stereocenters. The number of aromatic nitrogens is 2. The van der Waals surface area contributed by atoms with Crippen LogP contribution in [0.15, 0.2) is 36.7 Å². The highest BCUT2D eigenvalue weighted by Gasteiger charge is 2.04. The van der Waals surface area contributed by atoms with E-state index in [0.717, 1.165) is 24.4 Å². The van der Waals surface area contributed by atoms with Crippen LogP contribution in [0.3, 0.4) is 0 Å². The van der Waals surface area contributed by atoms with E-state index in [-0.39, 0.29) is 10.6 Å². The number of nitrogens with zero attached hydrogens (tertiary/aromatic N) is 3. The van der Waals surface area contributed by atoms with Crippen LogP contribution in [0.5, 0.6) is 0 Å². The van der Waals surface area contributed by atoms with Crippen molar-refractivity contribution < 1.29 is 4.92 Å². The number of imidazole rings is 1.